The van der Waals surface area contributed by atoms with Crippen molar-refractivity contribution in [1.82, 2.24) is 0 Å². The number of hydrogen-bond acceptors (Lipinski definition) is 5. The van der Waals surface area contributed by atoms with Crippen LogP contribution >= 0.6 is 22.9 Å². The molecule has 5 nitrogen and oxygen atoms in total. The van der Waals surface area contributed by atoms with Crippen molar-refractivity contribution in [1.29, 1.82) is 10.5 Å². The molecule has 3 aromatic rings. The predicted octanol–water partition coefficient (Wildman–Crippen LogP) is 6.27. The first-order valence-corrected chi connectivity index (χ1v) is 11.0. The molecule has 1 aliphatic rings. The number of nitriles is 2. The fourth-order valence-corrected chi connectivity index (χ4v) is 5.08. The molecule has 2 aromatic heterocycles. The minimum atomic E-state index is -0.561. The smallest absolute Gasteiger partial charge is 0.267 e. The minimum Gasteiger partial charge on any atom is -0.457 e. The molecule has 0 unspecified atom stereocenters. The van der Waals surface area contributed by atoms with Crippen LogP contribution in [0.25, 0.3) is 17.4 Å². The van der Waals surface area contributed by atoms with Crippen LogP contribution in [-0.4, -0.2) is 5.91 Å². The van der Waals surface area contributed by atoms with Crippen molar-refractivity contribution in [2.24, 2.45) is 0 Å². The van der Waals surface area contributed by atoms with Gasteiger partial charge in [-0.2, -0.15) is 10.5 Å². The largest absolute Gasteiger partial charge is 0.457 e. The second kappa shape index (κ2) is 8.81. The number of hydrogen-bond donors (Lipinski definition) is 1. The molecule has 0 fully saturated rings. The summed E-state index contributed by atoms with van der Waals surface area (Å²) >= 11 is 7.52. The predicted molar refractivity (Wildman–Crippen MR) is 122 cm³/mol. The van der Waals surface area contributed by atoms with Crippen molar-refractivity contribution in [3.8, 4) is 23.5 Å². The number of carbonyl (C=O) groups is 1. The Bertz CT molecular complexity index is 1290. The number of halogens is 1. The molecule has 1 amide bonds. The second-order valence-electron chi connectivity index (χ2n) is 7.31. The first kappa shape index (κ1) is 20.9. The van der Waals surface area contributed by atoms with Crippen LogP contribution in [-0.2, 0) is 17.6 Å². The molecule has 0 saturated heterocycles. The molecule has 4 rings (SSSR count). The van der Waals surface area contributed by atoms with Crippen LogP contribution in [0.2, 0.25) is 5.02 Å². The molecule has 31 heavy (non-hydrogen) atoms. The maximum atomic E-state index is 12.7. The van der Waals surface area contributed by atoms with E-state index in [1.54, 1.807) is 18.2 Å². The van der Waals surface area contributed by atoms with Gasteiger partial charge in [-0.05, 0) is 68.0 Å². The van der Waals surface area contributed by atoms with E-state index < -0.39 is 5.91 Å². The first-order chi connectivity index (χ1) is 15.0. The van der Waals surface area contributed by atoms with Crippen molar-refractivity contribution in [3.05, 3.63) is 68.3 Å². The number of benzene rings is 1. The van der Waals surface area contributed by atoms with Gasteiger partial charge >= 0.3 is 0 Å². The Morgan fingerprint density at radius 3 is 2.81 bits per heavy atom. The van der Waals surface area contributed by atoms with Gasteiger partial charge in [-0.15, -0.1) is 11.3 Å². The molecule has 0 aliphatic heterocycles. The lowest BCUT2D eigenvalue weighted by Gasteiger charge is -2.09. The molecule has 2 heterocycles. The summed E-state index contributed by atoms with van der Waals surface area (Å²) in [7, 11) is 0. The van der Waals surface area contributed by atoms with Crippen LogP contribution in [0.4, 0.5) is 5.00 Å². The van der Waals surface area contributed by atoms with E-state index >= 15 is 0 Å². The number of nitrogens with zero attached hydrogens (tertiary/aromatic N) is 2. The highest BCUT2D eigenvalue weighted by molar-refractivity contribution is 7.16. The average molecular weight is 448 g/mol. The SMILES string of the molecule is Cc1ccc(Cl)cc1-c1ccc(C=C(C#N)C(=O)Nc2sc3c(c2C#N)CCCC3)o1. The molecule has 0 spiro atoms. The number of rotatable bonds is 4. The van der Waals surface area contributed by atoms with Gasteiger partial charge in [0, 0.05) is 21.5 Å². The minimum absolute atomic E-state index is 0.0982. The maximum absolute atomic E-state index is 12.7. The Hall–Kier alpha value is -3.32. The van der Waals surface area contributed by atoms with Gasteiger partial charge in [0.15, 0.2) is 0 Å². The summed E-state index contributed by atoms with van der Waals surface area (Å²) in [6, 6.07) is 13.1. The number of carbonyl (C=O) groups excluding carboxylic acids is 1. The number of furan rings is 1. The molecule has 0 bridgehead atoms. The van der Waals surface area contributed by atoms with Crippen LogP contribution in [0.15, 0.2) is 40.3 Å². The van der Waals surface area contributed by atoms with Gasteiger partial charge in [0.05, 0.1) is 5.56 Å². The van der Waals surface area contributed by atoms with Gasteiger partial charge < -0.3 is 9.73 Å². The molecule has 1 aromatic carbocycles. The Labute approximate surface area is 189 Å². The van der Waals surface area contributed by atoms with Gasteiger partial charge in [0.25, 0.3) is 5.91 Å². The number of nitrogens with one attached hydrogen (secondary N) is 1. The van der Waals surface area contributed by atoms with E-state index in [-0.39, 0.29) is 5.57 Å². The van der Waals surface area contributed by atoms with Crippen molar-refractivity contribution < 1.29 is 9.21 Å². The van der Waals surface area contributed by atoms with Crippen molar-refractivity contribution in [2.45, 2.75) is 32.6 Å². The van der Waals surface area contributed by atoms with E-state index in [1.807, 2.05) is 25.1 Å². The van der Waals surface area contributed by atoms with E-state index in [1.165, 1.54) is 17.4 Å². The van der Waals surface area contributed by atoms with Gasteiger partial charge in [-0.1, -0.05) is 17.7 Å². The number of amides is 1. The zero-order chi connectivity index (χ0) is 22.0. The summed E-state index contributed by atoms with van der Waals surface area (Å²) in [4.78, 5) is 13.9. The molecular weight excluding hydrogens is 430 g/mol. The number of thiophene rings is 1. The summed E-state index contributed by atoms with van der Waals surface area (Å²) in [6.45, 7) is 1.95. The van der Waals surface area contributed by atoms with Crippen LogP contribution in [0.1, 0.15) is 40.2 Å². The summed E-state index contributed by atoms with van der Waals surface area (Å²) in [5, 5.41) is 22.9. The Morgan fingerprint density at radius 2 is 2.03 bits per heavy atom. The molecule has 1 aliphatic carbocycles. The second-order valence-corrected chi connectivity index (χ2v) is 8.85. The molecular formula is C24H18ClN3O2S. The molecule has 7 heteroatoms. The van der Waals surface area contributed by atoms with Crippen LogP contribution < -0.4 is 5.32 Å². The van der Waals surface area contributed by atoms with Crippen molar-refractivity contribution in [3.63, 3.8) is 0 Å². The molecule has 154 valence electrons. The Balaban J connectivity index is 1.59. The molecule has 1 N–H and O–H groups in total. The number of aryl methyl sites for hydroxylation is 2. The van der Waals surface area contributed by atoms with Gasteiger partial charge in [0.2, 0.25) is 0 Å². The Morgan fingerprint density at radius 1 is 1.23 bits per heavy atom. The number of fused-ring (bicyclic) bond motifs is 1. The van der Waals surface area contributed by atoms with Crippen molar-refractivity contribution in [2.75, 3.05) is 5.32 Å². The summed E-state index contributed by atoms with van der Waals surface area (Å²) in [5.74, 6) is 0.420. The van der Waals surface area contributed by atoms with E-state index in [2.05, 4.69) is 11.4 Å². The fraction of sp³-hybridized carbons (Fsp3) is 0.208. The highest BCUT2D eigenvalue weighted by atomic mass is 35.5. The maximum Gasteiger partial charge on any atom is 0.267 e. The van der Waals surface area contributed by atoms with Gasteiger partial charge in [0.1, 0.15) is 34.2 Å². The summed E-state index contributed by atoms with van der Waals surface area (Å²) in [6.07, 6.45) is 5.30. The van der Waals surface area contributed by atoms with E-state index in [0.717, 1.165) is 47.3 Å². The average Bonchev–Trinajstić information content (AvgIpc) is 3.37. The molecule has 0 atom stereocenters. The van der Waals surface area contributed by atoms with E-state index in [0.29, 0.717) is 27.1 Å². The normalized spacial score (nSPS) is 13.2. The summed E-state index contributed by atoms with van der Waals surface area (Å²) < 4.78 is 5.83. The van der Waals surface area contributed by atoms with Crippen LogP contribution in [0.5, 0.6) is 0 Å². The lowest BCUT2D eigenvalue weighted by Crippen LogP contribution is -2.13. The zero-order valence-electron chi connectivity index (χ0n) is 16.8. The molecule has 0 saturated carbocycles. The fourth-order valence-electron chi connectivity index (χ4n) is 3.67. The third-order valence-corrected chi connectivity index (χ3v) is 6.70. The lowest BCUT2D eigenvalue weighted by molar-refractivity contribution is -0.112. The number of anilines is 1. The standard InChI is InChI=1S/C24H18ClN3O2S/c1-14-6-7-16(25)11-19(14)21-9-8-17(30-21)10-15(12-26)23(29)28-24-20(13-27)18-4-2-3-5-22(18)31-24/h6-11H,2-5H2,1H3,(H,28,29). The monoisotopic (exact) mass is 447 g/mol. The Kier molecular flexibility index (Phi) is 5.95. The first-order valence-electron chi connectivity index (χ1n) is 9.84. The quantitative estimate of drug-likeness (QED) is 0.377. The highest BCUT2D eigenvalue weighted by Crippen LogP contribution is 2.38. The molecule has 0 radical (unpaired) electrons. The third-order valence-electron chi connectivity index (χ3n) is 5.25. The topological polar surface area (TPSA) is 89.8 Å². The van der Waals surface area contributed by atoms with Crippen LogP contribution in [0, 0.1) is 29.6 Å². The zero-order valence-corrected chi connectivity index (χ0v) is 18.4. The highest BCUT2D eigenvalue weighted by Gasteiger charge is 2.23. The van der Waals surface area contributed by atoms with Crippen LogP contribution in [0.3, 0.4) is 0 Å². The van der Waals surface area contributed by atoms with E-state index in [4.69, 9.17) is 16.0 Å². The van der Waals surface area contributed by atoms with Gasteiger partial charge in [-0.3, -0.25) is 4.79 Å². The van der Waals surface area contributed by atoms with Gasteiger partial charge in [-0.25, -0.2) is 0 Å². The summed E-state index contributed by atoms with van der Waals surface area (Å²) in [5.41, 5.74) is 3.29. The lowest BCUT2D eigenvalue weighted by atomic mass is 9.96. The third kappa shape index (κ3) is 4.27. The van der Waals surface area contributed by atoms with E-state index in [9.17, 15) is 15.3 Å². The van der Waals surface area contributed by atoms with Crippen molar-refractivity contribution >= 4 is 39.9 Å².